The van der Waals surface area contributed by atoms with E-state index in [0.717, 1.165) is 6.08 Å². The number of imide groups is 1. The Bertz CT molecular complexity index is 602. The number of carboxylic acid groups (broad SMARTS) is 1. The van der Waals surface area contributed by atoms with Crippen molar-refractivity contribution in [1.29, 1.82) is 5.26 Å². The second kappa shape index (κ2) is 7.33. The number of nitrogens with zero attached hydrogens (tertiary/aromatic N) is 1. The first-order valence-corrected chi connectivity index (χ1v) is 5.50. The van der Waals surface area contributed by atoms with Crippen molar-refractivity contribution in [3.63, 3.8) is 0 Å². The number of hydrogen-bond acceptors (Lipinski definition) is 4. The molecule has 0 aliphatic heterocycles. The predicted octanol–water partition coefficient (Wildman–Crippen LogP) is 0.525. The Balaban J connectivity index is 2.45. The molecule has 1 rings (SSSR count). The summed E-state index contributed by atoms with van der Waals surface area (Å²) in [5.74, 6) is -2.12. The molecule has 102 valence electrons. The average molecular weight is 273 g/mol. The molecule has 7 nitrogen and oxygen atoms in total. The van der Waals surface area contributed by atoms with Crippen molar-refractivity contribution in [1.82, 2.24) is 10.6 Å². The topological polar surface area (TPSA) is 119 Å². The normalized spacial score (nSPS) is 9.75. The number of rotatable bonds is 4. The van der Waals surface area contributed by atoms with Gasteiger partial charge in [-0.1, -0.05) is 12.1 Å². The summed E-state index contributed by atoms with van der Waals surface area (Å²) in [5.41, 5.74) is 1.16. The first kappa shape index (κ1) is 14.9. The standard InChI is InChI=1S/C13H11N3O4/c14-7-9-2-1-3-10(6-9)8-15-13(20)16-11(17)4-5-12(18)19/h1-6H,8H2,(H,18,19)(H2,15,16,17,20). The van der Waals surface area contributed by atoms with Crippen molar-refractivity contribution >= 4 is 17.9 Å². The molecule has 0 heterocycles. The fourth-order valence-corrected chi connectivity index (χ4v) is 1.28. The van der Waals surface area contributed by atoms with Crippen molar-refractivity contribution in [2.24, 2.45) is 0 Å². The lowest BCUT2D eigenvalue weighted by atomic mass is 10.1. The van der Waals surface area contributed by atoms with E-state index in [1.54, 1.807) is 24.3 Å². The first-order valence-electron chi connectivity index (χ1n) is 5.50. The van der Waals surface area contributed by atoms with Gasteiger partial charge in [0.25, 0.3) is 5.91 Å². The van der Waals surface area contributed by atoms with Crippen molar-refractivity contribution in [2.45, 2.75) is 6.54 Å². The van der Waals surface area contributed by atoms with Crippen LogP contribution in [0, 0.1) is 11.3 Å². The third kappa shape index (κ3) is 5.46. The minimum atomic E-state index is -1.28. The van der Waals surface area contributed by atoms with Gasteiger partial charge < -0.3 is 10.4 Å². The molecule has 0 saturated heterocycles. The number of amides is 3. The minimum Gasteiger partial charge on any atom is -0.478 e. The molecule has 0 spiro atoms. The average Bonchev–Trinajstić information content (AvgIpc) is 2.43. The lowest BCUT2D eigenvalue weighted by Crippen LogP contribution is -2.38. The Labute approximate surface area is 114 Å². The third-order valence-corrected chi connectivity index (χ3v) is 2.12. The maximum Gasteiger partial charge on any atom is 0.328 e. The highest BCUT2D eigenvalue weighted by atomic mass is 16.4. The van der Waals surface area contributed by atoms with Crippen LogP contribution in [0.5, 0.6) is 0 Å². The highest BCUT2D eigenvalue weighted by Gasteiger charge is 2.05. The minimum absolute atomic E-state index is 0.136. The van der Waals surface area contributed by atoms with Crippen molar-refractivity contribution in [3.05, 3.63) is 47.5 Å². The van der Waals surface area contributed by atoms with Crippen LogP contribution in [-0.2, 0) is 16.1 Å². The highest BCUT2D eigenvalue weighted by Crippen LogP contribution is 2.03. The van der Waals surface area contributed by atoms with E-state index in [0.29, 0.717) is 17.2 Å². The SMILES string of the molecule is N#Cc1cccc(CNC(=O)NC(=O)C=CC(=O)O)c1. The van der Waals surface area contributed by atoms with Crippen LogP contribution in [-0.4, -0.2) is 23.0 Å². The molecule has 0 aliphatic carbocycles. The molecule has 0 aromatic heterocycles. The lowest BCUT2D eigenvalue weighted by Gasteiger charge is -2.05. The Kier molecular flexibility index (Phi) is 5.47. The molecule has 0 radical (unpaired) electrons. The van der Waals surface area contributed by atoms with E-state index in [4.69, 9.17) is 10.4 Å². The van der Waals surface area contributed by atoms with Crippen LogP contribution < -0.4 is 10.6 Å². The predicted molar refractivity (Wildman–Crippen MR) is 68.3 cm³/mol. The molecular weight excluding hydrogens is 262 g/mol. The van der Waals surface area contributed by atoms with Gasteiger partial charge in [0.15, 0.2) is 0 Å². The van der Waals surface area contributed by atoms with Gasteiger partial charge in [0.2, 0.25) is 0 Å². The fourth-order valence-electron chi connectivity index (χ4n) is 1.28. The summed E-state index contributed by atoms with van der Waals surface area (Å²) in [6.45, 7) is 0.136. The van der Waals surface area contributed by atoms with E-state index in [2.05, 4.69) is 5.32 Å². The Morgan fingerprint density at radius 2 is 2.05 bits per heavy atom. The summed E-state index contributed by atoms with van der Waals surface area (Å²) in [4.78, 5) is 32.6. The molecule has 1 aromatic carbocycles. The zero-order valence-electron chi connectivity index (χ0n) is 10.3. The second-order valence-corrected chi connectivity index (χ2v) is 3.66. The molecule has 0 fully saturated rings. The fraction of sp³-hybridized carbons (Fsp3) is 0.0769. The van der Waals surface area contributed by atoms with Gasteiger partial charge in [0, 0.05) is 18.7 Å². The van der Waals surface area contributed by atoms with Gasteiger partial charge in [0.1, 0.15) is 0 Å². The van der Waals surface area contributed by atoms with E-state index in [9.17, 15) is 14.4 Å². The molecule has 3 amide bonds. The van der Waals surface area contributed by atoms with E-state index in [1.807, 2.05) is 11.4 Å². The van der Waals surface area contributed by atoms with Crippen LogP contribution in [0.25, 0.3) is 0 Å². The van der Waals surface area contributed by atoms with Gasteiger partial charge in [0.05, 0.1) is 11.6 Å². The number of carbonyl (C=O) groups is 3. The first-order chi connectivity index (χ1) is 9.51. The summed E-state index contributed by atoms with van der Waals surface area (Å²) in [5, 5.41) is 21.4. The molecule has 0 saturated carbocycles. The molecule has 20 heavy (non-hydrogen) atoms. The van der Waals surface area contributed by atoms with E-state index in [1.165, 1.54) is 0 Å². The maximum absolute atomic E-state index is 11.3. The van der Waals surface area contributed by atoms with Crippen LogP contribution in [0.1, 0.15) is 11.1 Å². The summed E-state index contributed by atoms with van der Waals surface area (Å²) in [6.07, 6.45) is 1.36. The summed E-state index contributed by atoms with van der Waals surface area (Å²) in [7, 11) is 0. The zero-order valence-corrected chi connectivity index (χ0v) is 10.3. The number of nitriles is 1. The molecular formula is C13H11N3O4. The monoisotopic (exact) mass is 273 g/mol. The van der Waals surface area contributed by atoms with Gasteiger partial charge in [-0.15, -0.1) is 0 Å². The zero-order chi connectivity index (χ0) is 15.0. The van der Waals surface area contributed by atoms with Crippen molar-refractivity contribution < 1.29 is 19.5 Å². The smallest absolute Gasteiger partial charge is 0.328 e. The van der Waals surface area contributed by atoms with Gasteiger partial charge in [-0.25, -0.2) is 9.59 Å². The van der Waals surface area contributed by atoms with E-state index in [-0.39, 0.29) is 6.54 Å². The van der Waals surface area contributed by atoms with Crippen molar-refractivity contribution in [2.75, 3.05) is 0 Å². The summed E-state index contributed by atoms with van der Waals surface area (Å²) >= 11 is 0. The van der Waals surface area contributed by atoms with Crippen LogP contribution in [0.2, 0.25) is 0 Å². The van der Waals surface area contributed by atoms with E-state index >= 15 is 0 Å². The Hall–Kier alpha value is -3.14. The quantitative estimate of drug-likeness (QED) is 0.691. The largest absolute Gasteiger partial charge is 0.478 e. The number of aliphatic carboxylic acids is 1. The molecule has 1 aromatic rings. The third-order valence-electron chi connectivity index (χ3n) is 2.12. The number of carboxylic acids is 1. The second-order valence-electron chi connectivity index (χ2n) is 3.66. The molecule has 0 unspecified atom stereocenters. The lowest BCUT2D eigenvalue weighted by molar-refractivity contribution is -0.131. The van der Waals surface area contributed by atoms with Gasteiger partial charge in [-0.3, -0.25) is 10.1 Å². The molecule has 7 heteroatoms. The summed E-state index contributed by atoms with van der Waals surface area (Å²) < 4.78 is 0. The highest BCUT2D eigenvalue weighted by molar-refractivity contribution is 6.02. The maximum atomic E-state index is 11.3. The Morgan fingerprint density at radius 1 is 1.30 bits per heavy atom. The van der Waals surface area contributed by atoms with Crippen molar-refractivity contribution in [3.8, 4) is 6.07 Å². The van der Waals surface area contributed by atoms with Crippen LogP contribution in [0.4, 0.5) is 4.79 Å². The van der Waals surface area contributed by atoms with Gasteiger partial charge in [-0.05, 0) is 17.7 Å². The van der Waals surface area contributed by atoms with Gasteiger partial charge in [-0.2, -0.15) is 5.26 Å². The molecule has 0 aliphatic rings. The molecule has 0 bridgehead atoms. The Morgan fingerprint density at radius 3 is 2.70 bits per heavy atom. The van der Waals surface area contributed by atoms with Crippen LogP contribution in [0.15, 0.2) is 36.4 Å². The number of benzene rings is 1. The van der Waals surface area contributed by atoms with E-state index < -0.39 is 17.9 Å². The van der Waals surface area contributed by atoms with Crippen LogP contribution >= 0.6 is 0 Å². The number of hydrogen-bond donors (Lipinski definition) is 3. The number of carbonyl (C=O) groups excluding carboxylic acids is 2. The van der Waals surface area contributed by atoms with Gasteiger partial charge >= 0.3 is 12.0 Å². The number of nitrogens with one attached hydrogen (secondary N) is 2. The number of urea groups is 1. The molecule has 3 N–H and O–H groups in total. The molecule has 0 atom stereocenters. The van der Waals surface area contributed by atoms with Crippen LogP contribution in [0.3, 0.4) is 0 Å². The summed E-state index contributed by atoms with van der Waals surface area (Å²) in [6, 6.07) is 7.83.